The van der Waals surface area contributed by atoms with E-state index in [1.54, 1.807) is 29.9 Å². The van der Waals surface area contributed by atoms with E-state index in [0.717, 1.165) is 22.9 Å². The lowest BCUT2D eigenvalue weighted by atomic mass is 10.1. The maximum Gasteiger partial charge on any atom is 0.344 e. The molecular weight excluding hydrogens is 358 g/mol. The third-order valence-electron chi connectivity index (χ3n) is 4.13. The highest BCUT2D eigenvalue weighted by Gasteiger charge is 2.50. The van der Waals surface area contributed by atoms with Gasteiger partial charge in [-0.2, -0.15) is 5.10 Å². The molecule has 4 rings (SSSR count). The molecule has 0 bridgehead atoms. The first-order valence-corrected chi connectivity index (χ1v) is 8.18. The van der Waals surface area contributed by atoms with Gasteiger partial charge in [-0.3, -0.25) is 0 Å². The van der Waals surface area contributed by atoms with Crippen molar-refractivity contribution in [2.75, 3.05) is 0 Å². The van der Waals surface area contributed by atoms with E-state index in [-0.39, 0.29) is 5.97 Å². The average Bonchev–Trinajstić information content (AvgIpc) is 3.21. The van der Waals surface area contributed by atoms with Gasteiger partial charge in [0.1, 0.15) is 11.2 Å². The Morgan fingerprint density at radius 1 is 1.30 bits per heavy atom. The Bertz CT molecular complexity index is 915. The number of fused-ring (bicyclic) bond motifs is 1. The maximum absolute atomic E-state index is 12.7. The van der Waals surface area contributed by atoms with Crippen molar-refractivity contribution in [3.05, 3.63) is 64.0 Å². The van der Waals surface area contributed by atoms with Crippen molar-refractivity contribution in [2.45, 2.75) is 25.4 Å². The monoisotopic (exact) mass is 371 g/mol. The van der Waals surface area contributed by atoms with Crippen LogP contribution in [0.5, 0.6) is 0 Å². The molecule has 0 atom stereocenters. The number of carbonyl (C=O) groups is 1. The molecule has 1 saturated carbocycles. The topological polar surface area (TPSA) is 56.5 Å². The molecule has 2 aromatic heterocycles. The summed E-state index contributed by atoms with van der Waals surface area (Å²) in [6.45, 7) is 1.79. The normalized spacial score (nSPS) is 15.6. The second-order valence-electron chi connectivity index (χ2n) is 5.71. The van der Waals surface area contributed by atoms with E-state index in [2.05, 4.69) is 26.0 Å². The largest absolute Gasteiger partial charge is 0.450 e. The third kappa shape index (κ3) is 2.34. The third-order valence-corrected chi connectivity index (χ3v) is 4.82. The van der Waals surface area contributed by atoms with Crippen LogP contribution in [0.15, 0.2) is 47.2 Å². The fourth-order valence-corrected chi connectivity index (χ4v) is 3.48. The van der Waals surface area contributed by atoms with Crippen molar-refractivity contribution < 1.29 is 9.53 Å². The summed E-state index contributed by atoms with van der Waals surface area (Å²) in [4.78, 5) is 17.0. The van der Waals surface area contributed by atoms with E-state index in [1.165, 1.54) is 0 Å². The fourth-order valence-electron chi connectivity index (χ4n) is 2.83. The number of aryl methyl sites for hydroxylation is 1. The van der Waals surface area contributed by atoms with E-state index >= 15 is 0 Å². The number of nitrogens with zero attached hydrogens (tertiary/aromatic N) is 3. The van der Waals surface area contributed by atoms with Gasteiger partial charge in [0.2, 0.25) is 0 Å². The van der Waals surface area contributed by atoms with E-state index in [4.69, 9.17) is 4.74 Å². The van der Waals surface area contributed by atoms with Crippen LogP contribution in [-0.2, 0) is 10.3 Å². The summed E-state index contributed by atoms with van der Waals surface area (Å²) >= 11 is 3.54. The van der Waals surface area contributed by atoms with Crippen LogP contribution in [0.4, 0.5) is 0 Å². The summed E-state index contributed by atoms with van der Waals surface area (Å²) in [7, 11) is 0. The Balaban J connectivity index is 1.70. The van der Waals surface area contributed by atoms with Gasteiger partial charge in [0.25, 0.3) is 0 Å². The molecule has 1 aromatic carbocycles. The molecule has 116 valence electrons. The smallest absolute Gasteiger partial charge is 0.344 e. The molecule has 0 saturated heterocycles. The molecule has 5 nitrogen and oxygen atoms in total. The predicted molar refractivity (Wildman–Crippen MR) is 88.2 cm³/mol. The molecule has 6 heteroatoms. The summed E-state index contributed by atoms with van der Waals surface area (Å²) in [6.07, 6.45) is 5.07. The number of rotatable bonds is 3. The lowest BCUT2D eigenvalue weighted by Gasteiger charge is -2.18. The molecule has 2 heterocycles. The minimum Gasteiger partial charge on any atom is -0.450 e. The molecule has 0 amide bonds. The zero-order chi connectivity index (χ0) is 16.0. The fraction of sp³-hybridized carbons (Fsp3) is 0.235. The molecular formula is C17H14BrN3O2. The Kier molecular flexibility index (Phi) is 3.23. The van der Waals surface area contributed by atoms with Gasteiger partial charge in [-0.05, 0) is 31.9 Å². The Morgan fingerprint density at radius 3 is 2.83 bits per heavy atom. The number of esters is 1. The minimum absolute atomic E-state index is 0.371. The lowest BCUT2D eigenvalue weighted by Crippen LogP contribution is -2.19. The number of ether oxygens (including phenoxy) is 1. The van der Waals surface area contributed by atoms with Crippen LogP contribution >= 0.6 is 15.9 Å². The van der Waals surface area contributed by atoms with Gasteiger partial charge in [0.15, 0.2) is 5.65 Å². The average molecular weight is 372 g/mol. The van der Waals surface area contributed by atoms with E-state index in [0.29, 0.717) is 16.9 Å². The molecule has 0 unspecified atom stereocenters. The first-order chi connectivity index (χ1) is 11.1. The number of hydrogen-bond acceptors (Lipinski definition) is 4. The quantitative estimate of drug-likeness (QED) is 0.659. The maximum atomic E-state index is 12.7. The van der Waals surface area contributed by atoms with Crippen molar-refractivity contribution in [3.63, 3.8) is 0 Å². The van der Waals surface area contributed by atoms with Crippen LogP contribution in [0.1, 0.15) is 34.5 Å². The van der Waals surface area contributed by atoms with Crippen LogP contribution in [0.25, 0.3) is 5.65 Å². The Hall–Kier alpha value is -2.21. The summed E-state index contributed by atoms with van der Waals surface area (Å²) in [5.74, 6) is -0.371. The highest BCUT2D eigenvalue weighted by atomic mass is 79.9. The molecule has 0 radical (unpaired) electrons. The van der Waals surface area contributed by atoms with Gasteiger partial charge >= 0.3 is 5.97 Å². The minimum atomic E-state index is -0.535. The highest BCUT2D eigenvalue weighted by Crippen LogP contribution is 2.51. The molecule has 1 aliphatic carbocycles. The number of hydrogen-bond donors (Lipinski definition) is 0. The first kappa shape index (κ1) is 14.4. The van der Waals surface area contributed by atoms with E-state index < -0.39 is 5.60 Å². The second kappa shape index (κ2) is 5.16. The van der Waals surface area contributed by atoms with Gasteiger partial charge in [0, 0.05) is 22.4 Å². The molecule has 23 heavy (non-hydrogen) atoms. The molecule has 1 aliphatic rings. The number of halogens is 1. The van der Waals surface area contributed by atoms with Gasteiger partial charge in [0.05, 0.1) is 5.69 Å². The van der Waals surface area contributed by atoms with Crippen molar-refractivity contribution in [3.8, 4) is 0 Å². The van der Waals surface area contributed by atoms with Gasteiger partial charge in [-0.15, -0.1) is 0 Å². The SMILES string of the molecule is Cc1nn2cccnc2c1C(=O)OC1(c2ccccc2Br)CC1. The molecule has 0 N–H and O–H groups in total. The van der Waals surface area contributed by atoms with Crippen molar-refractivity contribution in [2.24, 2.45) is 0 Å². The standard InChI is InChI=1S/C17H14BrN3O2/c1-11-14(15-19-9-4-10-21(15)20-11)16(22)23-17(7-8-17)12-5-2-3-6-13(12)18/h2-6,9-10H,7-8H2,1H3. The number of benzene rings is 1. The Morgan fingerprint density at radius 2 is 2.09 bits per heavy atom. The number of aromatic nitrogens is 3. The van der Waals surface area contributed by atoms with Gasteiger partial charge in [-0.1, -0.05) is 34.1 Å². The van der Waals surface area contributed by atoms with E-state index in [9.17, 15) is 4.79 Å². The summed E-state index contributed by atoms with van der Waals surface area (Å²) in [5.41, 5.74) is 2.06. The van der Waals surface area contributed by atoms with Gasteiger partial charge in [-0.25, -0.2) is 14.3 Å². The van der Waals surface area contributed by atoms with Crippen molar-refractivity contribution in [1.82, 2.24) is 14.6 Å². The van der Waals surface area contributed by atoms with E-state index in [1.807, 2.05) is 24.3 Å². The van der Waals surface area contributed by atoms with Crippen LogP contribution in [0.2, 0.25) is 0 Å². The molecule has 0 aliphatic heterocycles. The zero-order valence-electron chi connectivity index (χ0n) is 12.5. The molecule has 0 spiro atoms. The highest BCUT2D eigenvalue weighted by molar-refractivity contribution is 9.10. The van der Waals surface area contributed by atoms with Crippen LogP contribution in [-0.4, -0.2) is 20.6 Å². The summed E-state index contributed by atoms with van der Waals surface area (Å²) < 4.78 is 8.45. The van der Waals surface area contributed by atoms with Crippen LogP contribution in [0.3, 0.4) is 0 Å². The summed E-state index contributed by atoms with van der Waals surface area (Å²) in [6, 6.07) is 9.63. The zero-order valence-corrected chi connectivity index (χ0v) is 14.1. The molecule has 3 aromatic rings. The van der Waals surface area contributed by atoms with Crippen molar-refractivity contribution in [1.29, 1.82) is 0 Å². The lowest BCUT2D eigenvalue weighted by molar-refractivity contribution is 0.0214. The van der Waals surface area contributed by atoms with Gasteiger partial charge < -0.3 is 4.74 Å². The van der Waals surface area contributed by atoms with Crippen molar-refractivity contribution >= 4 is 27.5 Å². The predicted octanol–water partition coefficient (Wildman–Crippen LogP) is 3.65. The van der Waals surface area contributed by atoms with Crippen LogP contribution in [0, 0.1) is 6.92 Å². The first-order valence-electron chi connectivity index (χ1n) is 7.39. The van der Waals surface area contributed by atoms with Crippen LogP contribution < -0.4 is 0 Å². The summed E-state index contributed by atoms with van der Waals surface area (Å²) in [5, 5.41) is 4.32. The number of carbonyl (C=O) groups excluding carboxylic acids is 1. The molecule has 1 fully saturated rings. The second-order valence-corrected chi connectivity index (χ2v) is 6.57. The Labute approximate surface area is 141 Å².